The molecular weight excluding hydrogens is 212 g/mol. The number of aryl methyl sites for hydroxylation is 2. The van der Waals surface area contributed by atoms with Crippen LogP contribution in [0.15, 0.2) is 23.3 Å². The molecule has 17 heavy (non-hydrogen) atoms. The number of carbonyl (C=O) groups is 1. The minimum atomic E-state index is -0.239. The van der Waals surface area contributed by atoms with Crippen molar-refractivity contribution in [1.82, 2.24) is 0 Å². The van der Waals surface area contributed by atoms with E-state index in [9.17, 15) is 4.79 Å². The number of rotatable bonds is 1. The summed E-state index contributed by atoms with van der Waals surface area (Å²) in [4.78, 5) is 12.3. The third-order valence-corrected chi connectivity index (χ3v) is 3.87. The van der Waals surface area contributed by atoms with Crippen molar-refractivity contribution in [2.24, 2.45) is 10.5 Å². The molecule has 0 atom stereocenters. The summed E-state index contributed by atoms with van der Waals surface area (Å²) in [6.45, 7) is 6.05. The lowest BCUT2D eigenvalue weighted by Crippen LogP contribution is -2.28. The monoisotopic (exact) mass is 228 g/mol. The summed E-state index contributed by atoms with van der Waals surface area (Å²) in [6.07, 6.45) is 1.92. The van der Waals surface area contributed by atoms with Crippen molar-refractivity contribution in [3.05, 3.63) is 29.3 Å². The molecule has 1 saturated carbocycles. The smallest absolute Gasteiger partial charge is 0.259 e. The Kier molecular flexibility index (Phi) is 1.97. The maximum absolute atomic E-state index is 12.3. The Balaban J connectivity index is 2.04. The highest BCUT2D eigenvalue weighted by molar-refractivity contribution is 6.20. The number of hydrogen-bond acceptors (Lipinski definition) is 2. The van der Waals surface area contributed by atoms with Gasteiger partial charge in [-0.1, -0.05) is 17.7 Å². The van der Waals surface area contributed by atoms with E-state index in [1.54, 1.807) is 5.01 Å². The molecule has 0 radical (unpaired) electrons. The van der Waals surface area contributed by atoms with E-state index in [-0.39, 0.29) is 11.3 Å². The quantitative estimate of drug-likeness (QED) is 0.727. The van der Waals surface area contributed by atoms with Crippen molar-refractivity contribution in [3.63, 3.8) is 0 Å². The van der Waals surface area contributed by atoms with Gasteiger partial charge in [0.05, 0.1) is 16.8 Å². The fraction of sp³-hybridized carbons (Fsp3) is 0.429. The van der Waals surface area contributed by atoms with Crippen LogP contribution in [-0.4, -0.2) is 11.6 Å². The summed E-state index contributed by atoms with van der Waals surface area (Å²) < 4.78 is 0. The molecule has 2 aliphatic rings. The van der Waals surface area contributed by atoms with Crippen LogP contribution in [0.2, 0.25) is 0 Å². The lowest BCUT2D eigenvalue weighted by Gasteiger charge is -2.16. The lowest BCUT2D eigenvalue weighted by molar-refractivity contribution is -0.120. The van der Waals surface area contributed by atoms with E-state index in [0.29, 0.717) is 0 Å². The molecule has 0 aromatic heterocycles. The predicted octanol–water partition coefficient (Wildman–Crippen LogP) is 2.81. The molecule has 1 aromatic rings. The molecule has 3 heteroatoms. The SMILES string of the molecule is CC1=NN(c2ccc(C)cc2C)C(=O)C12CC2. The number of nitrogens with zero attached hydrogens (tertiary/aromatic N) is 2. The van der Waals surface area contributed by atoms with Crippen molar-refractivity contribution in [1.29, 1.82) is 0 Å². The first-order valence-corrected chi connectivity index (χ1v) is 6.02. The maximum atomic E-state index is 12.3. The summed E-state index contributed by atoms with van der Waals surface area (Å²) in [5.41, 5.74) is 3.97. The van der Waals surface area contributed by atoms with Crippen LogP contribution in [0.5, 0.6) is 0 Å². The van der Waals surface area contributed by atoms with Gasteiger partial charge in [-0.05, 0) is 45.2 Å². The molecule has 0 saturated heterocycles. The van der Waals surface area contributed by atoms with Crippen molar-refractivity contribution in [3.8, 4) is 0 Å². The fourth-order valence-corrected chi connectivity index (χ4v) is 2.56. The van der Waals surface area contributed by atoms with E-state index in [0.717, 1.165) is 29.8 Å². The number of hydrogen-bond donors (Lipinski definition) is 0. The highest BCUT2D eigenvalue weighted by atomic mass is 16.2. The molecule has 1 amide bonds. The van der Waals surface area contributed by atoms with Crippen LogP contribution in [0.1, 0.15) is 30.9 Å². The molecule has 88 valence electrons. The zero-order chi connectivity index (χ0) is 12.2. The van der Waals surface area contributed by atoms with Gasteiger partial charge in [0.25, 0.3) is 5.91 Å². The summed E-state index contributed by atoms with van der Waals surface area (Å²) in [7, 11) is 0. The number of anilines is 1. The van der Waals surface area contributed by atoms with Gasteiger partial charge in [-0.15, -0.1) is 0 Å². The molecule has 1 aromatic carbocycles. The largest absolute Gasteiger partial charge is 0.271 e. The Morgan fingerprint density at radius 3 is 2.47 bits per heavy atom. The van der Waals surface area contributed by atoms with Crippen LogP contribution < -0.4 is 5.01 Å². The Morgan fingerprint density at radius 1 is 1.24 bits per heavy atom. The standard InChI is InChI=1S/C14H16N2O/c1-9-4-5-12(10(2)8-9)16-13(17)14(6-7-14)11(3)15-16/h4-5,8H,6-7H2,1-3H3. The van der Waals surface area contributed by atoms with E-state index < -0.39 is 0 Å². The van der Waals surface area contributed by atoms with Crippen LogP contribution in [0.25, 0.3) is 0 Å². The van der Waals surface area contributed by atoms with Gasteiger partial charge in [-0.25, -0.2) is 0 Å². The second-order valence-electron chi connectivity index (χ2n) is 5.17. The molecule has 1 heterocycles. The summed E-state index contributed by atoms with van der Waals surface area (Å²) in [5.74, 6) is 0.155. The normalized spacial score (nSPS) is 21.0. The molecular formula is C14H16N2O. The van der Waals surface area contributed by atoms with E-state index >= 15 is 0 Å². The average molecular weight is 228 g/mol. The first kappa shape index (κ1) is 10.5. The van der Waals surface area contributed by atoms with E-state index in [1.807, 2.05) is 26.0 Å². The zero-order valence-electron chi connectivity index (χ0n) is 10.4. The predicted molar refractivity (Wildman–Crippen MR) is 68.2 cm³/mol. The number of benzene rings is 1. The Labute approximate surface area is 101 Å². The van der Waals surface area contributed by atoms with Crippen LogP contribution in [-0.2, 0) is 4.79 Å². The third-order valence-electron chi connectivity index (χ3n) is 3.87. The van der Waals surface area contributed by atoms with Gasteiger partial charge in [0.1, 0.15) is 0 Å². The van der Waals surface area contributed by atoms with Gasteiger partial charge < -0.3 is 0 Å². The Morgan fingerprint density at radius 2 is 1.94 bits per heavy atom. The van der Waals surface area contributed by atoms with Gasteiger partial charge in [-0.3, -0.25) is 4.79 Å². The fourth-order valence-electron chi connectivity index (χ4n) is 2.56. The van der Waals surface area contributed by atoms with Gasteiger partial charge in [0.2, 0.25) is 0 Å². The van der Waals surface area contributed by atoms with E-state index in [2.05, 4.69) is 18.1 Å². The molecule has 3 rings (SSSR count). The summed E-state index contributed by atoms with van der Waals surface area (Å²) in [5, 5.41) is 6.04. The first-order valence-electron chi connectivity index (χ1n) is 6.02. The van der Waals surface area contributed by atoms with Crippen molar-refractivity contribution in [2.75, 3.05) is 5.01 Å². The minimum Gasteiger partial charge on any atom is -0.271 e. The van der Waals surface area contributed by atoms with Crippen molar-refractivity contribution < 1.29 is 4.79 Å². The average Bonchev–Trinajstić information content (AvgIpc) is 3.02. The van der Waals surface area contributed by atoms with E-state index in [1.165, 1.54) is 5.56 Å². The molecule has 1 spiro atoms. The van der Waals surface area contributed by atoms with Crippen molar-refractivity contribution >= 4 is 17.3 Å². The molecule has 3 nitrogen and oxygen atoms in total. The highest BCUT2D eigenvalue weighted by Crippen LogP contribution is 2.52. The van der Waals surface area contributed by atoms with Crippen molar-refractivity contribution in [2.45, 2.75) is 33.6 Å². The molecule has 0 bridgehead atoms. The zero-order valence-corrected chi connectivity index (χ0v) is 10.4. The second-order valence-corrected chi connectivity index (χ2v) is 5.17. The molecule has 0 unspecified atom stereocenters. The number of hydrazone groups is 1. The van der Waals surface area contributed by atoms with Gasteiger partial charge >= 0.3 is 0 Å². The van der Waals surface area contributed by atoms with Crippen LogP contribution in [0.4, 0.5) is 5.69 Å². The lowest BCUT2D eigenvalue weighted by atomic mass is 10.0. The topological polar surface area (TPSA) is 32.7 Å². The van der Waals surface area contributed by atoms with Crippen LogP contribution in [0.3, 0.4) is 0 Å². The summed E-state index contributed by atoms with van der Waals surface area (Å²) in [6, 6.07) is 6.10. The Hall–Kier alpha value is -1.64. The highest BCUT2D eigenvalue weighted by Gasteiger charge is 2.58. The molecule has 1 aliphatic heterocycles. The molecule has 1 aliphatic carbocycles. The molecule has 0 N–H and O–H groups in total. The Bertz CT molecular complexity index is 541. The minimum absolute atomic E-state index is 0.155. The maximum Gasteiger partial charge on any atom is 0.259 e. The van der Waals surface area contributed by atoms with Crippen LogP contribution in [0, 0.1) is 19.3 Å². The second kappa shape index (κ2) is 3.19. The van der Waals surface area contributed by atoms with Gasteiger partial charge in [0, 0.05) is 0 Å². The number of amides is 1. The first-order chi connectivity index (χ1) is 8.04. The number of carbonyl (C=O) groups excluding carboxylic acids is 1. The molecule has 1 fully saturated rings. The van der Waals surface area contributed by atoms with Gasteiger partial charge in [0.15, 0.2) is 0 Å². The van der Waals surface area contributed by atoms with E-state index in [4.69, 9.17) is 0 Å². The third kappa shape index (κ3) is 1.35. The van der Waals surface area contributed by atoms with Crippen LogP contribution >= 0.6 is 0 Å². The van der Waals surface area contributed by atoms with Gasteiger partial charge in [-0.2, -0.15) is 10.1 Å². The summed E-state index contributed by atoms with van der Waals surface area (Å²) >= 11 is 0.